The largest absolute Gasteiger partial charge is 0.416 e. The van der Waals surface area contributed by atoms with E-state index in [0.29, 0.717) is 26.0 Å². The number of hydrogen-bond donors (Lipinski definition) is 0. The molecular weight excluding hydrogens is 355 g/mol. The molecule has 2 atom stereocenters. The number of ether oxygens (including phenoxy) is 1. The molecule has 1 spiro atoms. The minimum Gasteiger partial charge on any atom is -0.361 e. The van der Waals surface area contributed by atoms with Gasteiger partial charge in [-0.3, -0.25) is 4.79 Å². The third-order valence-corrected chi connectivity index (χ3v) is 5.58. The molecule has 142 valence electrons. The first-order valence-electron chi connectivity index (χ1n) is 8.98. The maximum Gasteiger partial charge on any atom is 0.416 e. The highest BCUT2D eigenvalue weighted by atomic mass is 19.4. The number of amides is 1. The van der Waals surface area contributed by atoms with Crippen LogP contribution in [0.5, 0.6) is 0 Å². The first-order valence-corrected chi connectivity index (χ1v) is 8.98. The fourth-order valence-electron chi connectivity index (χ4n) is 3.99. The Hall–Kier alpha value is -2.34. The summed E-state index contributed by atoms with van der Waals surface area (Å²) < 4.78 is 44.0. The van der Waals surface area contributed by atoms with Crippen LogP contribution in [0.4, 0.5) is 13.2 Å². The van der Waals surface area contributed by atoms with Gasteiger partial charge < -0.3 is 9.64 Å². The van der Waals surface area contributed by atoms with E-state index >= 15 is 0 Å². The van der Waals surface area contributed by atoms with Crippen LogP contribution in [0, 0.1) is 5.41 Å². The van der Waals surface area contributed by atoms with Crippen LogP contribution >= 0.6 is 0 Å². The van der Waals surface area contributed by atoms with Crippen molar-refractivity contribution in [2.45, 2.75) is 31.5 Å². The van der Waals surface area contributed by atoms with Gasteiger partial charge in [-0.25, -0.2) is 0 Å². The molecule has 1 saturated carbocycles. The van der Waals surface area contributed by atoms with Crippen molar-refractivity contribution in [3.8, 4) is 0 Å². The molecule has 6 heteroatoms. The summed E-state index contributed by atoms with van der Waals surface area (Å²) in [6.07, 6.45) is -3.09. The van der Waals surface area contributed by atoms with Gasteiger partial charge in [0.1, 0.15) is 6.73 Å². The Morgan fingerprint density at radius 1 is 1.07 bits per heavy atom. The molecule has 1 aliphatic heterocycles. The normalized spacial score (nSPS) is 25.5. The van der Waals surface area contributed by atoms with Gasteiger partial charge in [-0.2, -0.15) is 13.2 Å². The van der Waals surface area contributed by atoms with E-state index in [4.69, 9.17) is 4.74 Å². The van der Waals surface area contributed by atoms with Crippen LogP contribution in [0.15, 0.2) is 54.6 Å². The van der Waals surface area contributed by atoms with Crippen molar-refractivity contribution in [3.63, 3.8) is 0 Å². The Labute approximate surface area is 155 Å². The van der Waals surface area contributed by atoms with Crippen molar-refractivity contribution in [2.24, 2.45) is 5.41 Å². The fourth-order valence-corrected chi connectivity index (χ4v) is 3.99. The second-order valence-electron chi connectivity index (χ2n) is 7.31. The molecule has 2 aliphatic rings. The zero-order chi connectivity index (χ0) is 19.1. The van der Waals surface area contributed by atoms with Crippen LogP contribution in [-0.4, -0.2) is 24.1 Å². The number of carbonyl (C=O) groups excluding carboxylic acids is 1. The standard InChI is InChI=1S/C21H20F3NO2/c22-21(23,24)17-8-6-16(7-9-17)18-12-20(18)10-11-27-14-25(19(20)26)13-15-4-2-1-3-5-15/h1-9,18H,10-14H2/t18-,20?/m1/s1. The number of hydrogen-bond acceptors (Lipinski definition) is 2. The van der Waals surface area contributed by atoms with Gasteiger partial charge in [-0.1, -0.05) is 42.5 Å². The first-order chi connectivity index (χ1) is 12.9. The molecule has 1 aliphatic carbocycles. The fraction of sp³-hybridized carbons (Fsp3) is 0.381. The predicted molar refractivity (Wildman–Crippen MR) is 93.7 cm³/mol. The van der Waals surface area contributed by atoms with E-state index in [9.17, 15) is 18.0 Å². The van der Waals surface area contributed by atoms with Crippen LogP contribution < -0.4 is 0 Å². The smallest absolute Gasteiger partial charge is 0.361 e. The maximum absolute atomic E-state index is 13.2. The summed E-state index contributed by atoms with van der Waals surface area (Å²) in [5, 5.41) is 0. The topological polar surface area (TPSA) is 29.5 Å². The monoisotopic (exact) mass is 375 g/mol. The SMILES string of the molecule is O=C1N(Cc2ccccc2)COCCC12C[C@@H]2c1ccc(C(F)(F)F)cc1. The van der Waals surface area contributed by atoms with Gasteiger partial charge in [-0.05, 0) is 42.0 Å². The zero-order valence-electron chi connectivity index (χ0n) is 14.7. The molecule has 27 heavy (non-hydrogen) atoms. The van der Waals surface area contributed by atoms with Crippen molar-refractivity contribution in [1.82, 2.24) is 4.90 Å². The number of nitrogens with zero attached hydrogens (tertiary/aromatic N) is 1. The molecule has 1 saturated heterocycles. The van der Waals surface area contributed by atoms with Gasteiger partial charge in [0.25, 0.3) is 0 Å². The van der Waals surface area contributed by atoms with Crippen LogP contribution in [0.3, 0.4) is 0 Å². The summed E-state index contributed by atoms with van der Waals surface area (Å²) in [7, 11) is 0. The minimum absolute atomic E-state index is 0.0359. The van der Waals surface area contributed by atoms with Crippen molar-refractivity contribution < 1.29 is 22.7 Å². The van der Waals surface area contributed by atoms with Crippen LogP contribution in [0.2, 0.25) is 0 Å². The first kappa shape index (κ1) is 18.0. The Morgan fingerprint density at radius 2 is 1.78 bits per heavy atom. The highest BCUT2D eigenvalue weighted by Crippen LogP contribution is 2.63. The highest BCUT2D eigenvalue weighted by Gasteiger charge is 2.61. The number of halogens is 3. The summed E-state index contributed by atoms with van der Waals surface area (Å²) in [4.78, 5) is 14.9. The van der Waals surface area contributed by atoms with Crippen molar-refractivity contribution in [1.29, 1.82) is 0 Å². The van der Waals surface area contributed by atoms with Crippen molar-refractivity contribution >= 4 is 5.91 Å². The Morgan fingerprint density at radius 3 is 2.44 bits per heavy atom. The molecule has 1 amide bonds. The number of rotatable bonds is 3. The molecule has 3 nitrogen and oxygen atoms in total. The average molecular weight is 375 g/mol. The molecule has 2 aromatic rings. The minimum atomic E-state index is -4.35. The van der Waals surface area contributed by atoms with Crippen LogP contribution in [-0.2, 0) is 22.3 Å². The second-order valence-corrected chi connectivity index (χ2v) is 7.31. The highest BCUT2D eigenvalue weighted by molar-refractivity contribution is 5.87. The summed E-state index contributed by atoms with van der Waals surface area (Å²) >= 11 is 0. The van der Waals surface area contributed by atoms with Gasteiger partial charge in [0.05, 0.1) is 11.0 Å². The van der Waals surface area contributed by atoms with E-state index in [1.807, 2.05) is 30.3 Å². The lowest BCUT2D eigenvalue weighted by molar-refractivity contribution is -0.140. The summed E-state index contributed by atoms with van der Waals surface area (Å²) in [5.74, 6) is -0.0130. The van der Waals surface area contributed by atoms with Gasteiger partial charge in [0, 0.05) is 13.2 Å². The van der Waals surface area contributed by atoms with Crippen molar-refractivity contribution in [3.05, 3.63) is 71.3 Å². The second kappa shape index (κ2) is 6.68. The lowest BCUT2D eigenvalue weighted by Gasteiger charge is -2.24. The lowest BCUT2D eigenvalue weighted by atomic mass is 9.93. The average Bonchev–Trinajstić information content (AvgIpc) is 3.41. The Balaban J connectivity index is 1.53. The molecular formula is C21H20F3NO2. The number of benzene rings is 2. The summed E-state index contributed by atoms with van der Waals surface area (Å²) in [6.45, 7) is 1.20. The van der Waals surface area contributed by atoms with Gasteiger partial charge >= 0.3 is 6.18 Å². The van der Waals surface area contributed by atoms with Gasteiger partial charge in [0.15, 0.2) is 0 Å². The van der Waals surface area contributed by atoms with E-state index in [1.165, 1.54) is 12.1 Å². The molecule has 2 aromatic carbocycles. The Kier molecular flexibility index (Phi) is 4.46. The third-order valence-electron chi connectivity index (χ3n) is 5.58. The van der Waals surface area contributed by atoms with E-state index in [2.05, 4.69) is 0 Å². The molecule has 0 N–H and O–H groups in total. The molecule has 1 unspecified atom stereocenters. The summed E-state index contributed by atoms with van der Waals surface area (Å²) in [5.41, 5.74) is 0.601. The van der Waals surface area contributed by atoms with E-state index in [1.54, 1.807) is 4.90 Å². The summed E-state index contributed by atoms with van der Waals surface area (Å²) in [6, 6.07) is 14.9. The maximum atomic E-state index is 13.2. The third kappa shape index (κ3) is 3.46. The Bertz CT molecular complexity index is 820. The molecule has 0 bridgehead atoms. The van der Waals surface area contributed by atoms with E-state index in [0.717, 1.165) is 23.3 Å². The number of alkyl halides is 3. The molecule has 1 heterocycles. The molecule has 4 rings (SSSR count). The van der Waals surface area contributed by atoms with Crippen LogP contribution in [0.1, 0.15) is 35.4 Å². The molecule has 0 radical (unpaired) electrons. The zero-order valence-corrected chi connectivity index (χ0v) is 14.7. The lowest BCUT2D eigenvalue weighted by Crippen LogP contribution is -2.36. The van der Waals surface area contributed by atoms with E-state index in [-0.39, 0.29) is 18.6 Å². The van der Waals surface area contributed by atoms with E-state index < -0.39 is 17.2 Å². The van der Waals surface area contributed by atoms with Crippen LogP contribution in [0.25, 0.3) is 0 Å². The number of carbonyl (C=O) groups is 1. The quantitative estimate of drug-likeness (QED) is 0.786. The van der Waals surface area contributed by atoms with Crippen molar-refractivity contribution in [2.75, 3.05) is 13.3 Å². The molecule has 0 aromatic heterocycles. The molecule has 2 fully saturated rings. The van der Waals surface area contributed by atoms with Gasteiger partial charge in [-0.15, -0.1) is 0 Å². The predicted octanol–water partition coefficient (Wildman–Crippen LogP) is 4.59. The van der Waals surface area contributed by atoms with Gasteiger partial charge in [0.2, 0.25) is 5.91 Å².